The second-order valence-electron chi connectivity index (χ2n) is 7.13. The van der Waals surface area contributed by atoms with Crippen LogP contribution in [0.3, 0.4) is 0 Å². The number of carboxylic acids is 1. The van der Waals surface area contributed by atoms with Crippen LogP contribution in [0.15, 0.2) is 18.2 Å². The first kappa shape index (κ1) is 24.1. The first-order valence-electron chi connectivity index (χ1n) is 9.15. The number of amides is 2. The number of nitrogens with one attached hydrogen (secondary N) is 2. The second kappa shape index (κ2) is 11.1. The van der Waals surface area contributed by atoms with Crippen LogP contribution in [-0.2, 0) is 25.7 Å². The molecular weight excluding hydrogens is 383 g/mol. The van der Waals surface area contributed by atoms with Crippen LogP contribution in [0.4, 0.5) is 9.18 Å². The van der Waals surface area contributed by atoms with Crippen LogP contribution in [0.2, 0.25) is 0 Å². The zero-order valence-electron chi connectivity index (χ0n) is 17.0. The van der Waals surface area contributed by atoms with Crippen molar-refractivity contribution in [2.24, 2.45) is 5.92 Å². The Morgan fingerprint density at radius 1 is 1.14 bits per heavy atom. The highest BCUT2D eigenvalue weighted by atomic mass is 19.1. The smallest absolute Gasteiger partial charge is 0.408 e. The molecule has 1 aromatic rings. The van der Waals surface area contributed by atoms with Gasteiger partial charge in [-0.05, 0) is 30.9 Å². The molecule has 0 heterocycles. The molecule has 8 nitrogen and oxygen atoms in total. The van der Waals surface area contributed by atoms with Gasteiger partial charge in [0.15, 0.2) is 5.78 Å². The van der Waals surface area contributed by atoms with E-state index in [1.54, 1.807) is 13.8 Å². The van der Waals surface area contributed by atoms with E-state index in [4.69, 9.17) is 9.84 Å². The van der Waals surface area contributed by atoms with Gasteiger partial charge >= 0.3 is 12.1 Å². The van der Waals surface area contributed by atoms with Crippen LogP contribution in [0, 0.1) is 19.8 Å². The zero-order valence-corrected chi connectivity index (χ0v) is 17.0. The fourth-order valence-electron chi connectivity index (χ4n) is 2.58. The second-order valence-corrected chi connectivity index (χ2v) is 7.13. The minimum atomic E-state index is -1.51. The van der Waals surface area contributed by atoms with E-state index in [1.807, 2.05) is 32.0 Å². The molecule has 0 saturated heterocycles. The number of ether oxygens (including phenoxy) is 1. The summed E-state index contributed by atoms with van der Waals surface area (Å²) in [5, 5.41) is 13.4. The van der Waals surface area contributed by atoms with Gasteiger partial charge in [-0.2, -0.15) is 0 Å². The molecule has 0 aromatic heterocycles. The van der Waals surface area contributed by atoms with Crippen molar-refractivity contribution in [1.82, 2.24) is 10.6 Å². The summed E-state index contributed by atoms with van der Waals surface area (Å²) in [7, 11) is 0. The summed E-state index contributed by atoms with van der Waals surface area (Å²) in [5.41, 5.74) is 2.78. The summed E-state index contributed by atoms with van der Waals surface area (Å²) in [6.07, 6.45) is -1.59. The number of alkyl carbamates (subject to hydrolysis) is 1. The predicted molar refractivity (Wildman–Crippen MR) is 103 cm³/mol. The normalized spacial score (nSPS) is 12.8. The number of benzene rings is 1. The molecule has 0 aliphatic heterocycles. The summed E-state index contributed by atoms with van der Waals surface area (Å²) in [4.78, 5) is 47.0. The third-order valence-electron chi connectivity index (χ3n) is 4.30. The van der Waals surface area contributed by atoms with Crippen LogP contribution in [0.5, 0.6) is 0 Å². The summed E-state index contributed by atoms with van der Waals surface area (Å²) in [6, 6.07) is 3.11. The lowest BCUT2D eigenvalue weighted by Crippen LogP contribution is -2.54. The van der Waals surface area contributed by atoms with E-state index in [1.165, 1.54) is 0 Å². The zero-order chi connectivity index (χ0) is 22.1. The number of aryl methyl sites for hydroxylation is 2. The number of carboxylic acid groups (broad SMARTS) is 1. The molecule has 0 aliphatic carbocycles. The summed E-state index contributed by atoms with van der Waals surface area (Å²) < 4.78 is 17.8. The maximum atomic E-state index is 12.6. The Balaban J connectivity index is 2.76. The average molecular weight is 410 g/mol. The Hall–Kier alpha value is -2.97. The molecule has 0 fully saturated rings. The number of carbonyl (C=O) groups excluding carboxylic acids is 3. The SMILES string of the molecule is Cc1ccc(C)c(COC(=O)N[C@H](C(=O)NC(CC(=O)O)C(=O)CF)C(C)C)c1. The lowest BCUT2D eigenvalue weighted by atomic mass is 10.0. The highest BCUT2D eigenvalue weighted by Gasteiger charge is 2.30. The minimum Gasteiger partial charge on any atom is -0.481 e. The number of aliphatic carboxylic acids is 1. The van der Waals surface area contributed by atoms with Gasteiger partial charge in [-0.3, -0.25) is 14.4 Å². The highest BCUT2D eigenvalue weighted by molar-refractivity contribution is 5.94. The molecule has 9 heteroatoms. The lowest BCUT2D eigenvalue weighted by Gasteiger charge is -2.24. The minimum absolute atomic E-state index is 0.00770. The number of carbonyl (C=O) groups is 4. The van der Waals surface area contributed by atoms with Crippen LogP contribution >= 0.6 is 0 Å². The number of halogens is 1. The molecule has 0 spiro atoms. The van der Waals surface area contributed by atoms with E-state index in [0.717, 1.165) is 16.7 Å². The van der Waals surface area contributed by atoms with E-state index < -0.39 is 54.8 Å². The Labute approximate surface area is 168 Å². The monoisotopic (exact) mass is 410 g/mol. The summed E-state index contributed by atoms with van der Waals surface area (Å²) in [5.74, 6) is -3.61. The molecule has 2 atom stereocenters. The molecule has 1 rings (SSSR count). The molecule has 160 valence electrons. The number of hydrogen-bond acceptors (Lipinski definition) is 5. The van der Waals surface area contributed by atoms with Crippen molar-refractivity contribution < 1.29 is 33.4 Å². The van der Waals surface area contributed by atoms with Gasteiger partial charge < -0.3 is 20.5 Å². The maximum absolute atomic E-state index is 12.6. The van der Waals surface area contributed by atoms with Gasteiger partial charge in [-0.15, -0.1) is 0 Å². The third kappa shape index (κ3) is 7.89. The maximum Gasteiger partial charge on any atom is 0.408 e. The summed E-state index contributed by atoms with van der Waals surface area (Å²) in [6.45, 7) is 5.69. The van der Waals surface area contributed by atoms with E-state index in [-0.39, 0.29) is 6.61 Å². The molecule has 1 unspecified atom stereocenters. The van der Waals surface area contributed by atoms with Crippen LogP contribution in [-0.4, -0.2) is 47.6 Å². The molecule has 0 aliphatic rings. The molecular formula is C20H27FN2O6. The van der Waals surface area contributed by atoms with Crippen LogP contribution < -0.4 is 10.6 Å². The van der Waals surface area contributed by atoms with Crippen molar-refractivity contribution in [3.63, 3.8) is 0 Å². The molecule has 3 N–H and O–H groups in total. The standard InChI is InChI=1S/C20H27FN2O6/c1-11(2)18(19(27)22-15(8-17(25)26)16(24)9-21)23-20(28)29-10-14-7-12(3)5-6-13(14)4/h5-7,11,15,18H,8-10H2,1-4H3,(H,22,27)(H,23,28)(H,25,26)/t15?,18-/m0/s1. The fraction of sp³-hybridized carbons (Fsp3) is 0.500. The lowest BCUT2D eigenvalue weighted by molar-refractivity contribution is -0.140. The topological polar surface area (TPSA) is 122 Å². The van der Waals surface area contributed by atoms with Gasteiger partial charge in [0.2, 0.25) is 5.91 Å². The quantitative estimate of drug-likeness (QED) is 0.543. The van der Waals surface area contributed by atoms with Gasteiger partial charge in [-0.25, -0.2) is 9.18 Å². The van der Waals surface area contributed by atoms with Crippen molar-refractivity contribution in [2.45, 2.75) is 52.8 Å². The fourth-order valence-corrected chi connectivity index (χ4v) is 2.58. The van der Waals surface area contributed by atoms with Crippen molar-refractivity contribution in [3.05, 3.63) is 34.9 Å². The first-order chi connectivity index (χ1) is 13.5. The summed E-state index contributed by atoms with van der Waals surface area (Å²) >= 11 is 0. The predicted octanol–water partition coefficient (Wildman–Crippen LogP) is 2.05. The highest BCUT2D eigenvalue weighted by Crippen LogP contribution is 2.12. The molecule has 0 bridgehead atoms. The molecule has 0 saturated carbocycles. The van der Waals surface area contributed by atoms with E-state index in [0.29, 0.717) is 0 Å². The molecule has 29 heavy (non-hydrogen) atoms. The number of alkyl halides is 1. The van der Waals surface area contributed by atoms with E-state index >= 15 is 0 Å². The van der Waals surface area contributed by atoms with Gasteiger partial charge in [-0.1, -0.05) is 37.6 Å². The van der Waals surface area contributed by atoms with Crippen molar-refractivity contribution in [2.75, 3.05) is 6.67 Å². The van der Waals surface area contributed by atoms with Crippen LogP contribution in [0.25, 0.3) is 0 Å². The van der Waals surface area contributed by atoms with Gasteiger partial charge in [0.05, 0.1) is 6.42 Å². The Morgan fingerprint density at radius 2 is 1.79 bits per heavy atom. The van der Waals surface area contributed by atoms with E-state index in [9.17, 15) is 23.6 Å². The number of hydrogen-bond donors (Lipinski definition) is 3. The Kier molecular flexibility index (Phi) is 9.24. The average Bonchev–Trinajstić information content (AvgIpc) is 2.64. The number of ketones is 1. The van der Waals surface area contributed by atoms with Gasteiger partial charge in [0, 0.05) is 0 Å². The number of rotatable bonds is 10. The van der Waals surface area contributed by atoms with Crippen molar-refractivity contribution in [3.8, 4) is 0 Å². The van der Waals surface area contributed by atoms with E-state index in [2.05, 4.69) is 10.6 Å². The molecule has 1 aromatic carbocycles. The Bertz CT molecular complexity index is 765. The largest absolute Gasteiger partial charge is 0.481 e. The first-order valence-corrected chi connectivity index (χ1v) is 9.15. The molecule has 0 radical (unpaired) electrons. The van der Waals surface area contributed by atoms with Gasteiger partial charge in [0.25, 0.3) is 0 Å². The van der Waals surface area contributed by atoms with Crippen molar-refractivity contribution in [1.29, 1.82) is 0 Å². The Morgan fingerprint density at radius 3 is 2.34 bits per heavy atom. The van der Waals surface area contributed by atoms with Crippen molar-refractivity contribution >= 4 is 23.8 Å². The molecule has 2 amide bonds. The third-order valence-corrected chi connectivity index (χ3v) is 4.30. The van der Waals surface area contributed by atoms with Crippen LogP contribution in [0.1, 0.15) is 37.0 Å². The van der Waals surface area contributed by atoms with Gasteiger partial charge in [0.1, 0.15) is 25.4 Å². The number of Topliss-reactive ketones (excluding diaryl/α,β-unsaturated/α-hetero) is 1.